The molecule has 0 aromatic heterocycles. The van der Waals surface area contributed by atoms with Gasteiger partial charge in [-0.1, -0.05) is 31.2 Å². The van der Waals surface area contributed by atoms with Crippen LogP contribution in [0.1, 0.15) is 47.7 Å². The fourth-order valence-corrected chi connectivity index (χ4v) is 5.91. The molecule has 3 amide bonds. The molecule has 10 heteroatoms. The van der Waals surface area contributed by atoms with Gasteiger partial charge in [-0.3, -0.25) is 14.4 Å². The summed E-state index contributed by atoms with van der Waals surface area (Å²) in [5, 5.41) is 24.4. The fraction of sp³-hybridized carbons (Fsp3) is 0.324. The van der Waals surface area contributed by atoms with Crippen LogP contribution in [0.15, 0.2) is 78.9 Å². The van der Waals surface area contributed by atoms with Crippen LogP contribution in [0.5, 0.6) is 5.75 Å². The Balaban J connectivity index is 1.32. The molecule has 1 saturated heterocycles. The Morgan fingerprint density at radius 3 is 2.55 bits per heavy atom. The van der Waals surface area contributed by atoms with Gasteiger partial charge in [0.05, 0.1) is 32.0 Å². The van der Waals surface area contributed by atoms with Crippen molar-refractivity contribution in [2.24, 2.45) is 5.92 Å². The molecular formula is C34H38N4O6. The van der Waals surface area contributed by atoms with Gasteiger partial charge in [-0.15, -0.1) is 0 Å². The van der Waals surface area contributed by atoms with Crippen molar-refractivity contribution in [2.75, 3.05) is 36.2 Å². The second-order valence-electron chi connectivity index (χ2n) is 11.3. The van der Waals surface area contributed by atoms with Crippen molar-refractivity contribution in [2.45, 2.75) is 44.4 Å². The molecule has 3 aromatic carbocycles. The van der Waals surface area contributed by atoms with E-state index in [0.29, 0.717) is 40.5 Å². The third kappa shape index (κ3) is 6.04. The third-order valence-electron chi connectivity index (χ3n) is 8.49. The standard InChI is InChI=1S/C34H38N4O6/c1-22(5-3-7-31(40)37-18-4-6-27(37)21-39)34(43)29-19-28(44-2)16-17-30(29)38(33(34)42)20-23-8-14-26(15-9-23)36-32(41)24-10-12-25(35)13-11-24/h3,5,8-17,19,22,27,39,43H,4,6-7,18,20-21,35H2,1-2H3,(H,36,41)/b5-3+/t22-,27-,34+/m0/s1. The quantitative estimate of drug-likeness (QED) is 0.205. The highest BCUT2D eigenvalue weighted by Crippen LogP contribution is 2.47. The Kier molecular flexibility index (Phi) is 9.03. The average molecular weight is 599 g/mol. The summed E-state index contributed by atoms with van der Waals surface area (Å²) in [5.74, 6) is -0.987. The van der Waals surface area contributed by atoms with Gasteiger partial charge in [-0.25, -0.2) is 0 Å². The zero-order valence-electron chi connectivity index (χ0n) is 24.9. The molecule has 0 saturated carbocycles. The molecule has 0 bridgehead atoms. The van der Waals surface area contributed by atoms with Crippen LogP contribution >= 0.6 is 0 Å². The van der Waals surface area contributed by atoms with Gasteiger partial charge in [-0.2, -0.15) is 0 Å². The Bertz CT molecular complexity index is 1550. The number of anilines is 3. The van der Waals surface area contributed by atoms with Gasteiger partial charge >= 0.3 is 0 Å². The minimum Gasteiger partial charge on any atom is -0.497 e. The highest BCUT2D eigenvalue weighted by atomic mass is 16.5. The molecule has 0 radical (unpaired) electrons. The summed E-state index contributed by atoms with van der Waals surface area (Å²) < 4.78 is 5.40. The first-order valence-corrected chi connectivity index (χ1v) is 14.7. The maximum Gasteiger partial charge on any atom is 0.264 e. The highest BCUT2D eigenvalue weighted by molar-refractivity contribution is 6.07. The zero-order valence-corrected chi connectivity index (χ0v) is 24.9. The summed E-state index contributed by atoms with van der Waals surface area (Å²) in [6.45, 7) is 2.50. The zero-order chi connectivity index (χ0) is 31.4. The third-order valence-corrected chi connectivity index (χ3v) is 8.49. The number of hydrogen-bond donors (Lipinski definition) is 4. The highest BCUT2D eigenvalue weighted by Gasteiger charge is 2.52. The van der Waals surface area contributed by atoms with Crippen LogP contribution in [0.3, 0.4) is 0 Å². The van der Waals surface area contributed by atoms with Crippen molar-refractivity contribution in [3.8, 4) is 5.75 Å². The second-order valence-corrected chi connectivity index (χ2v) is 11.3. The molecule has 2 aliphatic heterocycles. The van der Waals surface area contributed by atoms with Crippen LogP contribution in [-0.4, -0.2) is 59.1 Å². The number of nitrogens with zero attached hydrogens (tertiary/aromatic N) is 2. The smallest absolute Gasteiger partial charge is 0.264 e. The Morgan fingerprint density at radius 2 is 1.86 bits per heavy atom. The Morgan fingerprint density at radius 1 is 1.14 bits per heavy atom. The lowest BCUT2D eigenvalue weighted by Crippen LogP contribution is -2.44. The lowest BCUT2D eigenvalue weighted by molar-refractivity contribution is -0.139. The molecule has 3 aromatic rings. The van der Waals surface area contributed by atoms with Crippen LogP contribution in [0.4, 0.5) is 17.1 Å². The van der Waals surface area contributed by atoms with Crippen molar-refractivity contribution < 1.29 is 29.3 Å². The van der Waals surface area contributed by atoms with Gasteiger partial charge in [0.25, 0.3) is 11.8 Å². The lowest BCUT2D eigenvalue weighted by atomic mass is 9.83. The molecule has 3 atom stereocenters. The van der Waals surface area contributed by atoms with Gasteiger partial charge in [0.2, 0.25) is 5.91 Å². The number of benzene rings is 3. The van der Waals surface area contributed by atoms with Gasteiger partial charge in [0.15, 0.2) is 5.60 Å². The molecule has 0 aliphatic carbocycles. The molecule has 5 rings (SSSR count). The first-order valence-electron chi connectivity index (χ1n) is 14.7. The number of nitrogen functional groups attached to an aromatic ring is 1. The molecule has 5 N–H and O–H groups in total. The molecule has 0 unspecified atom stereocenters. The molecule has 230 valence electrons. The number of hydrogen-bond acceptors (Lipinski definition) is 7. The van der Waals surface area contributed by atoms with Crippen LogP contribution in [0, 0.1) is 5.92 Å². The monoisotopic (exact) mass is 598 g/mol. The van der Waals surface area contributed by atoms with E-state index in [2.05, 4.69) is 5.32 Å². The fourth-order valence-electron chi connectivity index (χ4n) is 5.91. The topological polar surface area (TPSA) is 145 Å². The SMILES string of the molecule is COc1ccc2c(c1)[C@](O)([C@@H](C)/C=C/CC(=O)N1CCC[C@H]1CO)C(=O)N2Cc1ccc(NC(=O)c2ccc(N)cc2)cc1. The number of aliphatic hydroxyl groups is 2. The van der Waals surface area contributed by atoms with Crippen LogP contribution in [0.25, 0.3) is 0 Å². The molecule has 2 heterocycles. The van der Waals surface area contributed by atoms with E-state index in [9.17, 15) is 24.6 Å². The number of amides is 3. The molecule has 44 heavy (non-hydrogen) atoms. The predicted octanol–water partition coefficient (Wildman–Crippen LogP) is 3.83. The van der Waals surface area contributed by atoms with Gasteiger partial charge in [-0.05, 0) is 73.0 Å². The van der Waals surface area contributed by atoms with Crippen molar-refractivity contribution >= 4 is 34.8 Å². The summed E-state index contributed by atoms with van der Waals surface area (Å²) in [5.41, 5.74) is 7.27. The van der Waals surface area contributed by atoms with Gasteiger partial charge in [0.1, 0.15) is 5.75 Å². The van der Waals surface area contributed by atoms with Crippen molar-refractivity contribution in [1.82, 2.24) is 4.90 Å². The first kappa shape index (κ1) is 30.8. The summed E-state index contributed by atoms with van der Waals surface area (Å²) in [4.78, 5) is 42.5. The molecule has 2 aliphatic rings. The number of fused-ring (bicyclic) bond motifs is 1. The van der Waals surface area contributed by atoms with Gasteiger partial charge in [0, 0.05) is 41.4 Å². The van der Waals surface area contributed by atoms with Crippen LogP contribution < -0.4 is 20.7 Å². The molecule has 1 fully saturated rings. The van der Waals surface area contributed by atoms with Gasteiger partial charge < -0.3 is 35.8 Å². The summed E-state index contributed by atoms with van der Waals surface area (Å²) in [7, 11) is 1.52. The number of aliphatic hydroxyl groups excluding tert-OH is 1. The van der Waals surface area contributed by atoms with Crippen molar-refractivity contribution in [3.05, 3.63) is 95.6 Å². The molecule has 10 nitrogen and oxygen atoms in total. The van der Waals surface area contributed by atoms with E-state index in [4.69, 9.17) is 10.5 Å². The number of ether oxygens (including phenoxy) is 1. The summed E-state index contributed by atoms with van der Waals surface area (Å²) in [6, 6.07) is 18.8. The summed E-state index contributed by atoms with van der Waals surface area (Å²) >= 11 is 0. The van der Waals surface area contributed by atoms with Crippen molar-refractivity contribution in [1.29, 1.82) is 0 Å². The minimum absolute atomic E-state index is 0.0600. The number of nitrogens with two attached hydrogens (primary N) is 1. The predicted molar refractivity (Wildman–Crippen MR) is 168 cm³/mol. The maximum absolute atomic E-state index is 13.9. The number of nitrogens with one attached hydrogen (secondary N) is 1. The minimum atomic E-state index is -1.88. The van der Waals surface area contributed by atoms with E-state index >= 15 is 0 Å². The largest absolute Gasteiger partial charge is 0.497 e. The van der Waals surface area contributed by atoms with E-state index < -0.39 is 17.4 Å². The van der Waals surface area contributed by atoms with Crippen LogP contribution in [-0.2, 0) is 21.7 Å². The lowest BCUT2D eigenvalue weighted by Gasteiger charge is -2.28. The normalized spacial score (nSPS) is 20.2. The van der Waals surface area contributed by atoms with Crippen molar-refractivity contribution in [3.63, 3.8) is 0 Å². The first-order chi connectivity index (χ1) is 21.1. The summed E-state index contributed by atoms with van der Waals surface area (Å²) in [6.07, 6.45) is 5.14. The second kappa shape index (κ2) is 12.9. The van der Waals surface area contributed by atoms with E-state index in [1.54, 1.807) is 83.5 Å². The number of rotatable bonds is 10. The maximum atomic E-state index is 13.9. The molecule has 0 spiro atoms. The number of carbonyl (C=O) groups excluding carboxylic acids is 3. The van der Waals surface area contributed by atoms with E-state index in [-0.39, 0.29) is 37.4 Å². The number of likely N-dealkylation sites (tertiary alicyclic amines) is 1. The average Bonchev–Trinajstić information content (AvgIpc) is 3.60. The molecular weight excluding hydrogens is 560 g/mol. The number of carbonyl (C=O) groups is 3. The van der Waals surface area contributed by atoms with E-state index in [0.717, 1.165) is 18.4 Å². The van der Waals surface area contributed by atoms with E-state index in [1.165, 1.54) is 7.11 Å². The Hall–Kier alpha value is -4.67. The number of methoxy groups -OCH3 is 1. The van der Waals surface area contributed by atoms with E-state index in [1.807, 2.05) is 12.1 Å². The Labute approximate surface area is 256 Å². The van der Waals surface area contributed by atoms with Crippen LogP contribution in [0.2, 0.25) is 0 Å².